The van der Waals surface area contributed by atoms with Crippen LogP contribution in [0.2, 0.25) is 0 Å². The van der Waals surface area contributed by atoms with Crippen LogP contribution in [0.25, 0.3) is 5.65 Å². The van der Waals surface area contributed by atoms with E-state index in [1.165, 1.54) is 10.7 Å². The molecule has 2 aromatic carbocycles. The zero-order valence-electron chi connectivity index (χ0n) is 19.8. The number of methoxy groups -OCH3 is 2. The molecular weight excluding hydrogens is 432 g/mol. The third-order valence-electron chi connectivity index (χ3n) is 5.86. The Balaban J connectivity index is 1.49. The molecule has 0 radical (unpaired) electrons. The Morgan fingerprint density at radius 1 is 1.03 bits per heavy atom. The van der Waals surface area contributed by atoms with Crippen LogP contribution in [-0.2, 0) is 12.8 Å². The van der Waals surface area contributed by atoms with Crippen molar-refractivity contribution in [1.29, 1.82) is 0 Å². The normalized spacial score (nSPS) is 10.9. The maximum atomic E-state index is 13.1. The number of carbonyl (C=O) groups is 1. The van der Waals surface area contributed by atoms with E-state index in [4.69, 9.17) is 9.47 Å². The van der Waals surface area contributed by atoms with Crippen molar-refractivity contribution in [1.82, 2.24) is 19.9 Å². The molecule has 0 aliphatic heterocycles. The number of benzene rings is 2. The maximum absolute atomic E-state index is 13.1. The quantitative estimate of drug-likeness (QED) is 0.421. The molecule has 2 aromatic heterocycles. The molecule has 0 atom stereocenters. The number of nitrogens with one attached hydrogen (secondary N) is 2. The van der Waals surface area contributed by atoms with E-state index in [0.717, 1.165) is 16.7 Å². The van der Waals surface area contributed by atoms with Gasteiger partial charge in [0.2, 0.25) is 0 Å². The lowest BCUT2D eigenvalue weighted by atomic mass is 10.0. The molecule has 0 saturated heterocycles. The molecule has 1 amide bonds. The highest BCUT2D eigenvalue weighted by Crippen LogP contribution is 2.27. The molecule has 8 nitrogen and oxygen atoms in total. The van der Waals surface area contributed by atoms with E-state index in [0.29, 0.717) is 53.4 Å². The van der Waals surface area contributed by atoms with Crippen molar-refractivity contribution in [2.24, 2.45) is 0 Å². The van der Waals surface area contributed by atoms with Gasteiger partial charge in [-0.25, -0.2) is 9.50 Å². The van der Waals surface area contributed by atoms with Crippen LogP contribution in [0.4, 0.5) is 0 Å². The maximum Gasteiger partial charge on any atom is 0.276 e. The molecule has 0 aliphatic rings. The van der Waals surface area contributed by atoms with Gasteiger partial charge in [0, 0.05) is 30.4 Å². The van der Waals surface area contributed by atoms with Gasteiger partial charge in [0.25, 0.3) is 11.5 Å². The second-order valence-corrected chi connectivity index (χ2v) is 8.18. The first kappa shape index (κ1) is 23.1. The van der Waals surface area contributed by atoms with Gasteiger partial charge in [-0.05, 0) is 43.5 Å². The molecule has 0 bridgehead atoms. The van der Waals surface area contributed by atoms with Gasteiger partial charge in [-0.15, -0.1) is 0 Å². The lowest BCUT2D eigenvalue weighted by molar-refractivity contribution is 0.0955. The molecule has 0 aliphatic carbocycles. The van der Waals surface area contributed by atoms with E-state index in [-0.39, 0.29) is 11.5 Å². The number of hydrogen-bond acceptors (Lipinski definition) is 5. The summed E-state index contributed by atoms with van der Waals surface area (Å²) in [6.45, 7) is 4.24. The van der Waals surface area contributed by atoms with Crippen molar-refractivity contribution in [3.8, 4) is 11.5 Å². The minimum Gasteiger partial charge on any atom is -0.493 e. The average Bonchev–Trinajstić information content (AvgIpc) is 3.26. The minimum absolute atomic E-state index is 0.201. The van der Waals surface area contributed by atoms with Crippen LogP contribution in [0.1, 0.15) is 38.3 Å². The summed E-state index contributed by atoms with van der Waals surface area (Å²) in [6, 6.07) is 13.7. The summed E-state index contributed by atoms with van der Waals surface area (Å²) in [7, 11) is 3.18. The van der Waals surface area contributed by atoms with E-state index >= 15 is 0 Å². The predicted molar refractivity (Wildman–Crippen MR) is 130 cm³/mol. The van der Waals surface area contributed by atoms with E-state index in [1.807, 2.05) is 49.4 Å². The highest BCUT2D eigenvalue weighted by atomic mass is 16.5. The largest absolute Gasteiger partial charge is 0.493 e. The highest BCUT2D eigenvalue weighted by molar-refractivity contribution is 5.99. The number of hydrogen-bond donors (Lipinski definition) is 2. The Hall–Kier alpha value is -4.07. The molecule has 176 valence electrons. The smallest absolute Gasteiger partial charge is 0.276 e. The summed E-state index contributed by atoms with van der Waals surface area (Å²) < 4.78 is 11.9. The Bertz CT molecular complexity index is 1390. The number of aromatic nitrogens is 3. The Morgan fingerprint density at radius 3 is 2.44 bits per heavy atom. The Kier molecular flexibility index (Phi) is 6.67. The van der Waals surface area contributed by atoms with Gasteiger partial charge in [-0.3, -0.25) is 14.7 Å². The molecule has 34 heavy (non-hydrogen) atoms. The number of rotatable bonds is 8. The van der Waals surface area contributed by atoms with E-state index in [9.17, 15) is 9.59 Å². The van der Waals surface area contributed by atoms with Crippen LogP contribution < -0.4 is 20.3 Å². The van der Waals surface area contributed by atoms with Crippen molar-refractivity contribution < 1.29 is 14.3 Å². The first-order valence-corrected chi connectivity index (χ1v) is 11.1. The average molecular weight is 461 g/mol. The van der Waals surface area contributed by atoms with Gasteiger partial charge < -0.3 is 14.8 Å². The summed E-state index contributed by atoms with van der Waals surface area (Å²) in [5.74, 6) is 1.00. The zero-order valence-corrected chi connectivity index (χ0v) is 19.8. The van der Waals surface area contributed by atoms with Crippen molar-refractivity contribution in [3.05, 3.63) is 92.5 Å². The standard InChI is InChI=1S/C26H28N4O4/c1-16-5-7-18(8-6-16)13-20-17(2)29-24-21(15-28-30(24)26(20)32)25(31)27-12-11-19-9-10-22(33-3)23(14-19)34-4/h5-10,14-15,28H,11-13H2,1-4H3,(H,27,31). The number of ether oxygens (including phenoxy) is 2. The van der Waals surface area contributed by atoms with Crippen LogP contribution in [0.5, 0.6) is 11.5 Å². The topological polar surface area (TPSA) is 97.7 Å². The summed E-state index contributed by atoms with van der Waals surface area (Å²) in [6.07, 6.45) is 2.61. The minimum atomic E-state index is -0.295. The van der Waals surface area contributed by atoms with E-state index < -0.39 is 0 Å². The Labute approximate surface area is 197 Å². The number of H-pyrrole nitrogens is 1. The fourth-order valence-electron chi connectivity index (χ4n) is 3.89. The monoisotopic (exact) mass is 460 g/mol. The highest BCUT2D eigenvalue weighted by Gasteiger charge is 2.18. The van der Waals surface area contributed by atoms with Gasteiger partial charge in [0.05, 0.1) is 14.2 Å². The van der Waals surface area contributed by atoms with Gasteiger partial charge >= 0.3 is 0 Å². The van der Waals surface area contributed by atoms with Crippen LogP contribution in [-0.4, -0.2) is 41.3 Å². The van der Waals surface area contributed by atoms with Gasteiger partial charge in [-0.1, -0.05) is 35.9 Å². The van der Waals surface area contributed by atoms with Crippen LogP contribution in [0.15, 0.2) is 53.5 Å². The van der Waals surface area contributed by atoms with Crippen LogP contribution in [0, 0.1) is 13.8 Å². The molecule has 0 fully saturated rings. The third-order valence-corrected chi connectivity index (χ3v) is 5.86. The van der Waals surface area contributed by atoms with Gasteiger partial charge in [0.15, 0.2) is 17.1 Å². The van der Waals surface area contributed by atoms with E-state index in [1.54, 1.807) is 21.1 Å². The predicted octanol–water partition coefficient (Wildman–Crippen LogP) is 3.22. The van der Waals surface area contributed by atoms with Crippen molar-refractivity contribution in [2.45, 2.75) is 26.7 Å². The van der Waals surface area contributed by atoms with Crippen molar-refractivity contribution >= 4 is 11.6 Å². The number of aromatic amines is 1. The molecule has 4 rings (SSSR count). The van der Waals surface area contributed by atoms with Gasteiger partial charge in [-0.2, -0.15) is 0 Å². The van der Waals surface area contributed by atoms with Crippen molar-refractivity contribution in [3.63, 3.8) is 0 Å². The van der Waals surface area contributed by atoms with E-state index in [2.05, 4.69) is 15.4 Å². The van der Waals surface area contributed by atoms with Crippen molar-refractivity contribution in [2.75, 3.05) is 20.8 Å². The SMILES string of the molecule is COc1ccc(CCNC(=O)c2c[nH]n3c(=O)c(Cc4ccc(C)cc4)c(C)nc23)cc1OC. The van der Waals surface area contributed by atoms with Crippen LogP contribution in [0.3, 0.4) is 0 Å². The number of amides is 1. The lowest BCUT2D eigenvalue weighted by Gasteiger charge is -2.10. The summed E-state index contributed by atoms with van der Waals surface area (Å²) >= 11 is 0. The summed E-state index contributed by atoms with van der Waals surface area (Å²) in [5, 5.41) is 5.79. The molecule has 0 spiro atoms. The molecule has 4 aromatic rings. The molecule has 8 heteroatoms. The second kappa shape index (κ2) is 9.82. The molecule has 0 saturated carbocycles. The lowest BCUT2D eigenvalue weighted by Crippen LogP contribution is -2.27. The Morgan fingerprint density at radius 2 is 1.74 bits per heavy atom. The first-order valence-electron chi connectivity index (χ1n) is 11.1. The number of aryl methyl sites for hydroxylation is 2. The van der Waals surface area contributed by atoms with Gasteiger partial charge in [0.1, 0.15) is 5.56 Å². The molecular formula is C26H28N4O4. The molecule has 2 heterocycles. The fraction of sp³-hybridized carbons (Fsp3) is 0.269. The summed E-state index contributed by atoms with van der Waals surface area (Å²) in [4.78, 5) is 30.5. The zero-order chi connectivity index (χ0) is 24.2. The fourth-order valence-corrected chi connectivity index (χ4v) is 3.89. The molecule has 2 N–H and O–H groups in total. The number of carbonyl (C=O) groups excluding carboxylic acids is 1. The first-order chi connectivity index (χ1) is 16.4. The number of nitrogens with zero attached hydrogens (tertiary/aromatic N) is 2. The molecule has 0 unspecified atom stereocenters. The van der Waals surface area contributed by atoms with Crippen LogP contribution >= 0.6 is 0 Å². The number of fused-ring (bicyclic) bond motifs is 1. The summed E-state index contributed by atoms with van der Waals surface area (Å²) in [5.41, 5.74) is 4.86. The second-order valence-electron chi connectivity index (χ2n) is 8.18. The third kappa shape index (κ3) is 4.66.